The number of hydrogen-bond acceptors (Lipinski definition) is 4. The Labute approximate surface area is 195 Å². The number of nitrogens with zero attached hydrogens (tertiary/aromatic N) is 3. The summed E-state index contributed by atoms with van der Waals surface area (Å²) < 4.78 is 7.64. The molecule has 0 fully saturated rings. The molecule has 0 bridgehead atoms. The van der Waals surface area contributed by atoms with E-state index in [9.17, 15) is 4.79 Å². The first-order chi connectivity index (χ1) is 13.7. The van der Waals surface area contributed by atoms with Crippen molar-refractivity contribution in [3.63, 3.8) is 0 Å². The normalized spacial score (nSPS) is 11.6. The van der Waals surface area contributed by atoms with Crippen LogP contribution in [0.3, 0.4) is 0 Å². The average Bonchev–Trinajstić information content (AvgIpc) is 3.12. The average molecular weight is 528 g/mol. The first kappa shape index (κ1) is 25.7. The van der Waals surface area contributed by atoms with Crippen LogP contribution in [0.2, 0.25) is 0 Å². The number of amides is 1. The predicted molar refractivity (Wildman–Crippen MR) is 132 cm³/mol. The van der Waals surface area contributed by atoms with Gasteiger partial charge >= 0.3 is 0 Å². The zero-order valence-corrected chi connectivity index (χ0v) is 20.6. The molecule has 0 aliphatic heterocycles. The van der Waals surface area contributed by atoms with Crippen LogP contribution in [0.1, 0.15) is 34.6 Å². The topological polar surface area (TPSA) is 92.6 Å². The highest BCUT2D eigenvalue weighted by Gasteiger charge is 2.13. The number of carbonyl (C=O) groups excluding carboxylic acids is 1. The number of hydrogen-bond donors (Lipinski definition) is 3. The van der Waals surface area contributed by atoms with Crippen LogP contribution in [0.15, 0.2) is 48.0 Å². The van der Waals surface area contributed by atoms with Crippen molar-refractivity contribution in [1.29, 1.82) is 0 Å². The lowest BCUT2D eigenvalue weighted by Gasteiger charge is -2.20. The second kappa shape index (κ2) is 12.4. The second-order valence-corrected chi connectivity index (χ2v) is 8.01. The number of carbonyl (C=O) groups is 1. The summed E-state index contributed by atoms with van der Waals surface area (Å²) in [5.41, 5.74) is 0.563. The minimum absolute atomic E-state index is 0. The lowest BCUT2D eigenvalue weighted by atomic mass is 10.1. The van der Waals surface area contributed by atoms with Crippen molar-refractivity contribution in [3.05, 3.63) is 43.0 Å². The van der Waals surface area contributed by atoms with Crippen LogP contribution in [0.4, 0.5) is 5.69 Å². The van der Waals surface area contributed by atoms with Gasteiger partial charge in [-0.3, -0.25) is 4.79 Å². The van der Waals surface area contributed by atoms with E-state index in [1.54, 1.807) is 12.5 Å². The van der Waals surface area contributed by atoms with Gasteiger partial charge < -0.3 is 25.3 Å². The summed E-state index contributed by atoms with van der Waals surface area (Å²) in [5.74, 6) is 1.21. The minimum atomic E-state index is -0.290. The van der Waals surface area contributed by atoms with Crippen LogP contribution >= 0.6 is 24.0 Å². The number of rotatable bonds is 8. The number of aliphatic imine (C=N–C) groups is 1. The summed E-state index contributed by atoms with van der Waals surface area (Å²) in [4.78, 5) is 20.6. The fraction of sp³-hybridized carbons (Fsp3) is 0.476. The van der Waals surface area contributed by atoms with Crippen molar-refractivity contribution in [1.82, 2.24) is 20.2 Å². The van der Waals surface area contributed by atoms with E-state index in [4.69, 9.17) is 4.74 Å². The van der Waals surface area contributed by atoms with Gasteiger partial charge in [0.05, 0.1) is 12.4 Å². The van der Waals surface area contributed by atoms with Crippen LogP contribution in [0.5, 0.6) is 5.75 Å². The second-order valence-electron chi connectivity index (χ2n) is 8.01. The van der Waals surface area contributed by atoms with Gasteiger partial charge in [-0.25, -0.2) is 9.98 Å². The number of anilines is 1. The minimum Gasteiger partial charge on any atom is -0.491 e. The third kappa shape index (κ3) is 10.5. The molecule has 0 unspecified atom stereocenters. The number of ether oxygens (including phenoxy) is 1. The Kier molecular flexibility index (Phi) is 10.6. The molecule has 9 heteroatoms. The number of aromatic nitrogens is 2. The standard InChI is InChI=1S/C21H32N6O2.HI/c1-16(2)29-18-8-6-17(7-9-18)25-20(23-11-13-27-12-10-22-15-27)24-14-19(28)26-21(3,4)5;/h6-10,12,15-16H,11,13-14H2,1-5H3,(H,26,28)(H2,23,24,25);1H. The third-order valence-corrected chi connectivity index (χ3v) is 3.61. The van der Waals surface area contributed by atoms with Crippen LogP contribution in [-0.4, -0.2) is 46.2 Å². The van der Waals surface area contributed by atoms with Gasteiger partial charge in [0.2, 0.25) is 5.91 Å². The van der Waals surface area contributed by atoms with E-state index in [0.717, 1.165) is 18.0 Å². The van der Waals surface area contributed by atoms with Gasteiger partial charge in [0.1, 0.15) is 12.3 Å². The molecule has 166 valence electrons. The Hall–Kier alpha value is -2.30. The number of benzene rings is 1. The Morgan fingerprint density at radius 1 is 1.23 bits per heavy atom. The van der Waals surface area contributed by atoms with Crippen LogP contribution in [0, 0.1) is 0 Å². The van der Waals surface area contributed by atoms with Gasteiger partial charge in [-0.2, -0.15) is 0 Å². The Balaban J connectivity index is 0.00000450. The van der Waals surface area contributed by atoms with Gasteiger partial charge in [0, 0.05) is 36.7 Å². The molecule has 2 aromatic rings. The summed E-state index contributed by atoms with van der Waals surface area (Å²) in [6, 6.07) is 7.63. The molecular formula is C21H33IN6O2. The van der Waals surface area contributed by atoms with Gasteiger partial charge in [-0.1, -0.05) is 0 Å². The summed E-state index contributed by atoms with van der Waals surface area (Å²) in [7, 11) is 0. The number of guanidine groups is 1. The lowest BCUT2D eigenvalue weighted by Crippen LogP contribution is -2.42. The molecule has 0 aliphatic carbocycles. The van der Waals surface area contributed by atoms with Crippen molar-refractivity contribution in [2.24, 2.45) is 4.99 Å². The van der Waals surface area contributed by atoms with Gasteiger partial charge in [0.25, 0.3) is 0 Å². The van der Waals surface area contributed by atoms with E-state index in [1.165, 1.54) is 0 Å². The van der Waals surface area contributed by atoms with Crippen molar-refractivity contribution >= 4 is 41.5 Å². The van der Waals surface area contributed by atoms with Crippen molar-refractivity contribution in [3.8, 4) is 5.75 Å². The van der Waals surface area contributed by atoms with Crippen molar-refractivity contribution in [2.45, 2.75) is 52.8 Å². The molecule has 1 heterocycles. The van der Waals surface area contributed by atoms with E-state index in [-0.39, 0.29) is 48.1 Å². The zero-order chi connectivity index (χ0) is 21.3. The highest BCUT2D eigenvalue weighted by molar-refractivity contribution is 14.0. The molecule has 0 spiro atoms. The molecule has 1 aromatic heterocycles. The highest BCUT2D eigenvalue weighted by Crippen LogP contribution is 2.16. The monoisotopic (exact) mass is 528 g/mol. The van der Waals surface area contributed by atoms with Crippen molar-refractivity contribution in [2.75, 3.05) is 18.4 Å². The summed E-state index contributed by atoms with van der Waals surface area (Å²) in [6.45, 7) is 11.2. The fourth-order valence-electron chi connectivity index (χ4n) is 2.50. The Morgan fingerprint density at radius 3 is 2.50 bits per heavy atom. The largest absolute Gasteiger partial charge is 0.491 e. The van der Waals surface area contributed by atoms with Crippen LogP contribution in [-0.2, 0) is 11.3 Å². The van der Waals surface area contributed by atoms with Gasteiger partial charge in [0.15, 0.2) is 5.96 Å². The van der Waals surface area contributed by atoms with E-state index in [0.29, 0.717) is 12.5 Å². The van der Waals surface area contributed by atoms with E-state index in [1.807, 2.05) is 69.6 Å². The fourth-order valence-corrected chi connectivity index (χ4v) is 2.50. The quantitative estimate of drug-likeness (QED) is 0.278. The molecule has 1 aromatic carbocycles. The Bertz CT molecular complexity index is 783. The predicted octanol–water partition coefficient (Wildman–Crippen LogP) is 3.26. The molecule has 2 rings (SSSR count). The molecule has 0 aliphatic rings. The molecule has 1 amide bonds. The van der Waals surface area contributed by atoms with Crippen LogP contribution < -0.4 is 20.7 Å². The number of nitrogens with one attached hydrogen (secondary N) is 3. The SMILES string of the molecule is CC(C)Oc1ccc(NC(=NCC(=O)NC(C)(C)C)NCCn2ccnc2)cc1.I. The van der Waals surface area contributed by atoms with Gasteiger partial charge in [-0.05, 0) is 58.9 Å². The number of imidazole rings is 1. The molecule has 0 saturated heterocycles. The molecule has 0 atom stereocenters. The number of halogens is 1. The smallest absolute Gasteiger partial charge is 0.242 e. The summed E-state index contributed by atoms with van der Waals surface area (Å²) in [6.07, 6.45) is 5.52. The molecule has 30 heavy (non-hydrogen) atoms. The van der Waals surface area contributed by atoms with Gasteiger partial charge in [-0.15, -0.1) is 24.0 Å². The van der Waals surface area contributed by atoms with E-state index < -0.39 is 0 Å². The maximum Gasteiger partial charge on any atom is 0.242 e. The molecule has 3 N–H and O–H groups in total. The molecule has 0 saturated carbocycles. The first-order valence-corrected chi connectivity index (χ1v) is 9.80. The highest BCUT2D eigenvalue weighted by atomic mass is 127. The maximum atomic E-state index is 12.1. The zero-order valence-electron chi connectivity index (χ0n) is 18.3. The van der Waals surface area contributed by atoms with Crippen molar-refractivity contribution < 1.29 is 9.53 Å². The van der Waals surface area contributed by atoms with E-state index >= 15 is 0 Å². The molecular weight excluding hydrogens is 495 g/mol. The maximum absolute atomic E-state index is 12.1. The summed E-state index contributed by atoms with van der Waals surface area (Å²) in [5, 5.41) is 9.40. The third-order valence-electron chi connectivity index (χ3n) is 3.61. The Morgan fingerprint density at radius 2 is 1.93 bits per heavy atom. The lowest BCUT2D eigenvalue weighted by molar-refractivity contribution is -0.121. The summed E-state index contributed by atoms with van der Waals surface area (Å²) >= 11 is 0. The molecule has 0 radical (unpaired) electrons. The van der Waals surface area contributed by atoms with Crippen LogP contribution in [0.25, 0.3) is 0 Å². The van der Waals surface area contributed by atoms with E-state index in [2.05, 4.69) is 25.9 Å². The molecule has 8 nitrogen and oxygen atoms in total. The first-order valence-electron chi connectivity index (χ1n) is 9.80.